The molecule has 1 fully saturated rings. The fourth-order valence-electron chi connectivity index (χ4n) is 2.07. The van der Waals surface area contributed by atoms with Gasteiger partial charge in [-0.3, -0.25) is 0 Å². The summed E-state index contributed by atoms with van der Waals surface area (Å²) in [5.41, 5.74) is -0.108. The van der Waals surface area contributed by atoms with Crippen molar-refractivity contribution in [3.8, 4) is 0 Å². The molecule has 0 bridgehead atoms. The summed E-state index contributed by atoms with van der Waals surface area (Å²) in [7, 11) is 0. The van der Waals surface area contributed by atoms with E-state index in [9.17, 15) is 13.6 Å². The molecule has 1 saturated heterocycles. The van der Waals surface area contributed by atoms with Crippen molar-refractivity contribution in [3.63, 3.8) is 0 Å². The lowest BCUT2D eigenvalue weighted by Gasteiger charge is -2.38. The maximum absolute atomic E-state index is 14.0. The molecule has 1 aliphatic heterocycles. The highest BCUT2D eigenvalue weighted by molar-refractivity contribution is 5.85. The number of aryl methyl sites for hydroxylation is 1. The Kier molecular flexibility index (Phi) is 4.40. The van der Waals surface area contributed by atoms with Gasteiger partial charge in [-0.05, 0) is 12.5 Å². The second-order valence-electron chi connectivity index (χ2n) is 5.24. The molecular weight excluding hydrogens is 276 g/mol. The van der Waals surface area contributed by atoms with Gasteiger partial charge in [0, 0.05) is 11.0 Å². The normalized spacial score (nSPS) is 21.1. The zero-order chi connectivity index (χ0) is 13.5. The van der Waals surface area contributed by atoms with Crippen LogP contribution in [0.5, 0.6) is 0 Å². The number of hydrogen-bond donors (Lipinski definition) is 1. The quantitative estimate of drug-likeness (QED) is 0.860. The fraction of sp³-hybridized carbons (Fsp3) is 0.462. The molecule has 0 aliphatic carbocycles. The van der Waals surface area contributed by atoms with Crippen LogP contribution in [0.15, 0.2) is 12.1 Å². The number of ether oxygens (including phenoxy) is 1. The van der Waals surface area contributed by atoms with Crippen LogP contribution < -0.4 is 5.32 Å². The number of halogens is 3. The van der Waals surface area contributed by atoms with Crippen molar-refractivity contribution in [2.45, 2.75) is 26.8 Å². The minimum absolute atomic E-state index is 0. The van der Waals surface area contributed by atoms with E-state index in [1.165, 1.54) is 19.1 Å². The summed E-state index contributed by atoms with van der Waals surface area (Å²) >= 11 is 0. The van der Waals surface area contributed by atoms with E-state index in [0.717, 1.165) is 0 Å². The average molecular weight is 292 g/mol. The Morgan fingerprint density at radius 1 is 1.32 bits per heavy atom. The van der Waals surface area contributed by atoms with Crippen molar-refractivity contribution in [1.29, 1.82) is 0 Å². The van der Waals surface area contributed by atoms with E-state index in [1.807, 2.05) is 13.8 Å². The van der Waals surface area contributed by atoms with Gasteiger partial charge < -0.3 is 10.1 Å². The number of amides is 1. The van der Waals surface area contributed by atoms with Crippen LogP contribution in [0, 0.1) is 24.0 Å². The van der Waals surface area contributed by atoms with Crippen molar-refractivity contribution < 1.29 is 18.3 Å². The summed E-state index contributed by atoms with van der Waals surface area (Å²) in [4.78, 5) is 11.2. The van der Waals surface area contributed by atoms with Crippen LogP contribution >= 0.6 is 12.4 Å². The maximum Gasteiger partial charge on any atom is 0.407 e. The van der Waals surface area contributed by atoms with Crippen molar-refractivity contribution >= 4 is 18.5 Å². The third-order valence-electron chi connectivity index (χ3n) is 3.24. The molecule has 1 amide bonds. The first kappa shape index (κ1) is 15.7. The Morgan fingerprint density at radius 3 is 2.58 bits per heavy atom. The molecule has 0 aromatic heterocycles. The summed E-state index contributed by atoms with van der Waals surface area (Å²) < 4.78 is 32.4. The van der Waals surface area contributed by atoms with Gasteiger partial charge in [0.1, 0.15) is 6.61 Å². The second kappa shape index (κ2) is 5.33. The van der Waals surface area contributed by atoms with Crippen LogP contribution in [0.4, 0.5) is 13.6 Å². The molecule has 0 unspecified atom stereocenters. The number of rotatable bonds is 1. The molecule has 19 heavy (non-hydrogen) atoms. The molecule has 0 radical (unpaired) electrons. The zero-order valence-corrected chi connectivity index (χ0v) is 11.7. The summed E-state index contributed by atoms with van der Waals surface area (Å²) in [6.45, 7) is 5.32. The molecule has 106 valence electrons. The molecule has 1 aliphatic rings. The van der Waals surface area contributed by atoms with E-state index in [-0.39, 0.29) is 30.1 Å². The topological polar surface area (TPSA) is 38.3 Å². The number of hydrogen-bond acceptors (Lipinski definition) is 2. The van der Waals surface area contributed by atoms with Crippen molar-refractivity contribution in [3.05, 3.63) is 34.9 Å². The molecule has 0 spiro atoms. The molecule has 1 atom stereocenters. The van der Waals surface area contributed by atoms with Gasteiger partial charge >= 0.3 is 6.09 Å². The fourth-order valence-corrected chi connectivity index (χ4v) is 2.07. The van der Waals surface area contributed by atoms with E-state index in [1.54, 1.807) is 0 Å². The molecular formula is C13H16ClF2NO2. The number of alkyl carbamates (subject to hydrolysis) is 1. The van der Waals surface area contributed by atoms with Gasteiger partial charge in [0.15, 0.2) is 11.6 Å². The second-order valence-corrected chi connectivity index (χ2v) is 5.24. The van der Waals surface area contributed by atoms with Crippen molar-refractivity contribution in [1.82, 2.24) is 5.32 Å². The largest absolute Gasteiger partial charge is 0.449 e. The van der Waals surface area contributed by atoms with E-state index < -0.39 is 29.2 Å². The third kappa shape index (κ3) is 2.81. The van der Waals surface area contributed by atoms with Gasteiger partial charge in [-0.25, -0.2) is 13.6 Å². The van der Waals surface area contributed by atoms with Gasteiger partial charge in [-0.2, -0.15) is 0 Å². The minimum atomic E-state index is -0.907. The maximum atomic E-state index is 14.0. The van der Waals surface area contributed by atoms with Crippen LogP contribution in [-0.4, -0.2) is 12.7 Å². The lowest BCUT2D eigenvalue weighted by atomic mass is 9.80. The van der Waals surface area contributed by atoms with Crippen LogP contribution in [0.25, 0.3) is 0 Å². The predicted octanol–water partition coefficient (Wildman–Crippen LogP) is 3.50. The van der Waals surface area contributed by atoms with Crippen LogP contribution in [0.2, 0.25) is 0 Å². The van der Waals surface area contributed by atoms with Gasteiger partial charge in [0.05, 0.1) is 6.04 Å². The van der Waals surface area contributed by atoms with Crippen LogP contribution in [0.1, 0.15) is 31.0 Å². The Hall–Kier alpha value is -1.36. The Bertz CT molecular complexity index is 506. The number of nitrogens with one attached hydrogen (secondary N) is 1. The number of carbonyl (C=O) groups excluding carboxylic acids is 1. The summed E-state index contributed by atoms with van der Waals surface area (Å²) in [5.74, 6) is -1.78. The predicted molar refractivity (Wildman–Crippen MR) is 69.3 cm³/mol. The molecule has 6 heteroatoms. The molecule has 1 heterocycles. The van der Waals surface area contributed by atoms with Crippen molar-refractivity contribution in [2.75, 3.05) is 6.61 Å². The molecule has 1 N–H and O–H groups in total. The number of carbonyl (C=O) groups is 1. The SMILES string of the molecule is Cc1ccc([C@@H]2NC(=O)OCC2(C)C)c(F)c1F.Cl. The molecule has 1 aromatic carbocycles. The highest BCUT2D eigenvalue weighted by atomic mass is 35.5. The smallest absolute Gasteiger partial charge is 0.407 e. The summed E-state index contributed by atoms with van der Waals surface area (Å²) in [5, 5.41) is 2.54. The van der Waals surface area contributed by atoms with Crippen molar-refractivity contribution in [2.24, 2.45) is 5.41 Å². The first-order valence-electron chi connectivity index (χ1n) is 5.71. The number of benzene rings is 1. The van der Waals surface area contributed by atoms with Crippen LogP contribution in [0.3, 0.4) is 0 Å². The average Bonchev–Trinajstić information content (AvgIpc) is 2.30. The van der Waals surface area contributed by atoms with E-state index in [2.05, 4.69) is 5.32 Å². The lowest BCUT2D eigenvalue weighted by molar-refractivity contribution is 0.0376. The monoisotopic (exact) mass is 291 g/mol. The van der Waals surface area contributed by atoms with Gasteiger partial charge in [-0.1, -0.05) is 26.0 Å². The van der Waals surface area contributed by atoms with Gasteiger partial charge in [0.2, 0.25) is 0 Å². The van der Waals surface area contributed by atoms with E-state index in [0.29, 0.717) is 0 Å². The molecule has 0 saturated carbocycles. The van der Waals surface area contributed by atoms with E-state index >= 15 is 0 Å². The third-order valence-corrected chi connectivity index (χ3v) is 3.24. The Labute approximate surface area is 116 Å². The van der Waals surface area contributed by atoms with Gasteiger partial charge in [0.25, 0.3) is 0 Å². The molecule has 1 aromatic rings. The van der Waals surface area contributed by atoms with Gasteiger partial charge in [-0.15, -0.1) is 12.4 Å². The number of cyclic esters (lactones) is 1. The summed E-state index contributed by atoms with van der Waals surface area (Å²) in [6.07, 6.45) is -0.611. The zero-order valence-electron chi connectivity index (χ0n) is 10.9. The highest BCUT2D eigenvalue weighted by Crippen LogP contribution is 2.38. The first-order valence-corrected chi connectivity index (χ1v) is 5.71. The van der Waals surface area contributed by atoms with E-state index in [4.69, 9.17) is 4.74 Å². The van der Waals surface area contributed by atoms with Crippen LogP contribution in [-0.2, 0) is 4.74 Å². The standard InChI is InChI=1S/C13H15F2NO2.ClH/c1-7-4-5-8(10(15)9(7)14)11-13(2,3)6-18-12(17)16-11;/h4-5,11H,6H2,1-3H3,(H,16,17);1H/t11-;/m0./s1. The summed E-state index contributed by atoms with van der Waals surface area (Å²) in [6, 6.07) is 2.41. The Morgan fingerprint density at radius 2 is 1.95 bits per heavy atom. The Balaban J connectivity index is 0.00000180. The molecule has 2 rings (SSSR count). The minimum Gasteiger partial charge on any atom is -0.449 e. The first-order chi connectivity index (χ1) is 8.33. The highest BCUT2D eigenvalue weighted by Gasteiger charge is 2.39. The lowest BCUT2D eigenvalue weighted by Crippen LogP contribution is -2.47. The molecule has 3 nitrogen and oxygen atoms in total.